The van der Waals surface area contributed by atoms with E-state index in [1.54, 1.807) is 6.07 Å². The highest BCUT2D eigenvalue weighted by Crippen LogP contribution is 2.12. The molecule has 0 amide bonds. The van der Waals surface area contributed by atoms with Crippen LogP contribution >= 0.6 is 0 Å². The van der Waals surface area contributed by atoms with Crippen LogP contribution in [0, 0.1) is 17.7 Å². The van der Waals surface area contributed by atoms with Crippen molar-refractivity contribution in [2.75, 3.05) is 5.73 Å². The number of hydrogen-bond acceptors (Lipinski definition) is 2. The molecule has 1 aromatic rings. The van der Waals surface area contributed by atoms with E-state index in [1.165, 1.54) is 12.1 Å². The van der Waals surface area contributed by atoms with Gasteiger partial charge in [-0.15, -0.1) is 0 Å². The van der Waals surface area contributed by atoms with Crippen molar-refractivity contribution < 1.29 is 9.18 Å². The van der Waals surface area contributed by atoms with Gasteiger partial charge in [-0.2, -0.15) is 0 Å². The number of halogens is 1. The van der Waals surface area contributed by atoms with Crippen molar-refractivity contribution in [1.82, 2.24) is 0 Å². The Balaban J connectivity index is 2.97. The Labute approximate surface area is 75.6 Å². The van der Waals surface area contributed by atoms with Crippen LogP contribution in [0.15, 0.2) is 18.2 Å². The SMILES string of the molecule is Nc1cccc(C#CCC=O)c1F. The van der Waals surface area contributed by atoms with E-state index in [0.717, 1.165) is 0 Å². The second kappa shape index (κ2) is 4.27. The summed E-state index contributed by atoms with van der Waals surface area (Å²) in [7, 11) is 0. The number of nitrogens with two attached hydrogens (primary N) is 1. The fourth-order valence-electron chi connectivity index (χ4n) is 0.834. The summed E-state index contributed by atoms with van der Waals surface area (Å²) in [6.45, 7) is 0. The molecule has 0 radical (unpaired) electrons. The molecule has 0 unspecified atom stereocenters. The number of anilines is 1. The lowest BCUT2D eigenvalue weighted by Gasteiger charge is -1.96. The predicted molar refractivity (Wildman–Crippen MR) is 48.4 cm³/mol. The number of hydrogen-bond donors (Lipinski definition) is 1. The van der Waals surface area contributed by atoms with Crippen molar-refractivity contribution in [2.45, 2.75) is 6.42 Å². The Morgan fingerprint density at radius 1 is 1.54 bits per heavy atom. The maximum atomic E-state index is 13.1. The van der Waals surface area contributed by atoms with Crippen molar-refractivity contribution >= 4 is 12.0 Å². The second-order valence-corrected chi connectivity index (χ2v) is 2.38. The van der Waals surface area contributed by atoms with Crippen LogP contribution in [0.3, 0.4) is 0 Å². The molecule has 0 aliphatic rings. The summed E-state index contributed by atoms with van der Waals surface area (Å²) in [6, 6.07) is 4.59. The number of benzene rings is 1. The normalized spacial score (nSPS) is 8.69. The smallest absolute Gasteiger partial charge is 0.161 e. The minimum absolute atomic E-state index is 0.0675. The van der Waals surface area contributed by atoms with Crippen molar-refractivity contribution in [2.24, 2.45) is 0 Å². The molecule has 66 valence electrons. The summed E-state index contributed by atoms with van der Waals surface area (Å²) < 4.78 is 13.1. The average Bonchev–Trinajstić information content (AvgIpc) is 2.13. The van der Waals surface area contributed by atoms with Crippen LogP contribution in [0.25, 0.3) is 0 Å². The molecule has 0 fully saturated rings. The second-order valence-electron chi connectivity index (χ2n) is 2.38. The Morgan fingerprint density at radius 3 is 3.00 bits per heavy atom. The van der Waals surface area contributed by atoms with Crippen LogP contribution in [-0.2, 0) is 4.79 Å². The first-order chi connectivity index (χ1) is 6.25. The lowest BCUT2D eigenvalue weighted by Crippen LogP contribution is -1.92. The summed E-state index contributed by atoms with van der Waals surface area (Å²) in [5.74, 6) is 4.50. The molecule has 1 rings (SSSR count). The molecular weight excluding hydrogens is 169 g/mol. The van der Waals surface area contributed by atoms with Crippen LogP contribution < -0.4 is 5.73 Å². The molecule has 0 spiro atoms. The van der Waals surface area contributed by atoms with Gasteiger partial charge in [0.05, 0.1) is 17.7 Å². The molecule has 0 saturated heterocycles. The number of carbonyl (C=O) groups is 1. The van der Waals surface area contributed by atoms with Crippen LogP contribution in [0.1, 0.15) is 12.0 Å². The van der Waals surface area contributed by atoms with Crippen LogP contribution in [0.2, 0.25) is 0 Å². The molecule has 1 aromatic carbocycles. The Morgan fingerprint density at radius 2 is 2.31 bits per heavy atom. The minimum atomic E-state index is -0.527. The Kier molecular flexibility index (Phi) is 3.04. The third-order valence-corrected chi connectivity index (χ3v) is 1.44. The Bertz CT molecular complexity index is 376. The van der Waals surface area contributed by atoms with Gasteiger partial charge < -0.3 is 10.5 Å². The molecular formula is C10H8FNO. The molecule has 0 heterocycles. The van der Waals surface area contributed by atoms with Gasteiger partial charge >= 0.3 is 0 Å². The van der Waals surface area contributed by atoms with Crippen LogP contribution in [0.5, 0.6) is 0 Å². The van der Waals surface area contributed by atoms with Crippen molar-refractivity contribution in [1.29, 1.82) is 0 Å². The van der Waals surface area contributed by atoms with Gasteiger partial charge in [-0.05, 0) is 12.1 Å². The summed E-state index contributed by atoms with van der Waals surface area (Å²) in [5.41, 5.74) is 5.60. The van der Waals surface area contributed by atoms with E-state index in [0.29, 0.717) is 6.29 Å². The van der Waals surface area contributed by atoms with Crippen LogP contribution in [0.4, 0.5) is 10.1 Å². The van der Waals surface area contributed by atoms with Crippen molar-refractivity contribution in [3.8, 4) is 11.8 Å². The number of rotatable bonds is 1. The van der Waals surface area contributed by atoms with Gasteiger partial charge in [0.25, 0.3) is 0 Å². The lowest BCUT2D eigenvalue weighted by atomic mass is 10.2. The standard InChI is InChI=1S/C10H8FNO/c11-10-8(4-1-2-7-13)5-3-6-9(10)12/h3,5-7H,2,12H2. The highest BCUT2D eigenvalue weighted by Gasteiger charge is 2.00. The first-order valence-corrected chi connectivity index (χ1v) is 3.72. The highest BCUT2D eigenvalue weighted by molar-refractivity contribution is 5.56. The zero-order valence-electron chi connectivity index (χ0n) is 6.88. The third-order valence-electron chi connectivity index (χ3n) is 1.44. The van der Waals surface area contributed by atoms with E-state index < -0.39 is 5.82 Å². The third kappa shape index (κ3) is 2.31. The summed E-state index contributed by atoms with van der Waals surface area (Å²) >= 11 is 0. The van der Waals surface area contributed by atoms with Crippen molar-refractivity contribution in [3.63, 3.8) is 0 Å². The largest absolute Gasteiger partial charge is 0.396 e. The maximum absolute atomic E-state index is 13.1. The molecule has 2 nitrogen and oxygen atoms in total. The van der Waals surface area contributed by atoms with E-state index in [1.807, 2.05) is 0 Å². The van der Waals surface area contributed by atoms with Crippen LogP contribution in [-0.4, -0.2) is 6.29 Å². The fraction of sp³-hybridized carbons (Fsp3) is 0.100. The molecule has 0 aromatic heterocycles. The summed E-state index contributed by atoms with van der Waals surface area (Å²) in [6.07, 6.45) is 0.769. The van der Waals surface area contributed by atoms with E-state index in [2.05, 4.69) is 11.8 Å². The van der Waals surface area contributed by atoms with Gasteiger partial charge in [0.1, 0.15) is 6.29 Å². The zero-order chi connectivity index (χ0) is 9.68. The first kappa shape index (κ1) is 9.27. The van der Waals surface area contributed by atoms with Gasteiger partial charge in [-0.3, -0.25) is 0 Å². The van der Waals surface area contributed by atoms with Gasteiger partial charge in [0, 0.05) is 0 Å². The van der Waals surface area contributed by atoms with Gasteiger partial charge in [0.2, 0.25) is 0 Å². The Hall–Kier alpha value is -1.82. The average molecular weight is 177 g/mol. The van der Waals surface area contributed by atoms with E-state index in [-0.39, 0.29) is 17.7 Å². The molecule has 0 bridgehead atoms. The summed E-state index contributed by atoms with van der Waals surface area (Å²) in [5, 5.41) is 0. The molecule has 2 N–H and O–H groups in total. The minimum Gasteiger partial charge on any atom is -0.396 e. The molecule has 3 heteroatoms. The van der Waals surface area contributed by atoms with Gasteiger partial charge in [-0.25, -0.2) is 4.39 Å². The van der Waals surface area contributed by atoms with Gasteiger partial charge in [0.15, 0.2) is 5.82 Å². The van der Waals surface area contributed by atoms with E-state index in [9.17, 15) is 9.18 Å². The molecule has 0 saturated carbocycles. The first-order valence-electron chi connectivity index (χ1n) is 3.72. The fourth-order valence-corrected chi connectivity index (χ4v) is 0.834. The van der Waals surface area contributed by atoms with E-state index in [4.69, 9.17) is 5.73 Å². The zero-order valence-corrected chi connectivity index (χ0v) is 6.88. The predicted octanol–water partition coefficient (Wildman–Crippen LogP) is 1.35. The van der Waals surface area contributed by atoms with Crippen molar-refractivity contribution in [3.05, 3.63) is 29.6 Å². The number of carbonyl (C=O) groups excluding carboxylic acids is 1. The molecule has 0 aliphatic carbocycles. The maximum Gasteiger partial charge on any atom is 0.161 e. The summed E-state index contributed by atoms with van der Waals surface area (Å²) in [4.78, 5) is 9.93. The number of aldehydes is 1. The monoisotopic (exact) mass is 177 g/mol. The molecule has 0 atom stereocenters. The van der Waals surface area contributed by atoms with E-state index >= 15 is 0 Å². The quantitative estimate of drug-likeness (QED) is 0.399. The molecule has 0 aliphatic heterocycles. The molecule has 13 heavy (non-hydrogen) atoms. The topological polar surface area (TPSA) is 43.1 Å². The van der Waals surface area contributed by atoms with Gasteiger partial charge in [-0.1, -0.05) is 17.9 Å². The number of nitrogen functional groups attached to an aromatic ring is 1. The highest BCUT2D eigenvalue weighted by atomic mass is 19.1. The lowest BCUT2D eigenvalue weighted by molar-refractivity contribution is -0.107.